The molecule has 0 bridgehead atoms. The Hall–Kier alpha value is -2.92. The second-order valence-electron chi connectivity index (χ2n) is 6.11. The summed E-state index contributed by atoms with van der Waals surface area (Å²) in [5, 5.41) is 3.80. The lowest BCUT2D eigenvalue weighted by Crippen LogP contribution is -2.47. The fourth-order valence-corrected chi connectivity index (χ4v) is 2.92. The summed E-state index contributed by atoms with van der Waals surface area (Å²) in [6.45, 7) is 0. The molecule has 3 rings (SSSR count). The lowest BCUT2D eigenvalue weighted by molar-refractivity contribution is -0.125. The number of nitrogens with two attached hydrogens (primary N) is 1. The third-order valence-electron chi connectivity index (χ3n) is 4.24. The van der Waals surface area contributed by atoms with E-state index in [1.165, 1.54) is 0 Å². The molecule has 5 heteroatoms. The van der Waals surface area contributed by atoms with Crippen molar-refractivity contribution in [3.05, 3.63) is 71.9 Å². The number of aldehydes is 1. The smallest absolute Gasteiger partial charge is 0.237 e. The van der Waals surface area contributed by atoms with Crippen LogP contribution in [-0.2, 0) is 22.4 Å². The lowest BCUT2D eigenvalue weighted by Gasteiger charge is -2.16. The monoisotopic (exact) mass is 335 g/mol. The van der Waals surface area contributed by atoms with Crippen molar-refractivity contribution in [3.8, 4) is 0 Å². The second-order valence-corrected chi connectivity index (χ2v) is 6.11. The van der Waals surface area contributed by atoms with E-state index < -0.39 is 12.1 Å². The van der Waals surface area contributed by atoms with E-state index in [2.05, 4.69) is 10.3 Å². The van der Waals surface area contributed by atoms with Crippen LogP contribution in [-0.4, -0.2) is 29.3 Å². The van der Waals surface area contributed by atoms with Crippen molar-refractivity contribution in [2.24, 2.45) is 5.73 Å². The second kappa shape index (κ2) is 7.77. The van der Waals surface area contributed by atoms with E-state index in [1.807, 2.05) is 60.8 Å². The molecule has 0 spiro atoms. The summed E-state index contributed by atoms with van der Waals surface area (Å²) in [7, 11) is 0. The zero-order valence-corrected chi connectivity index (χ0v) is 13.8. The Morgan fingerprint density at radius 2 is 1.80 bits per heavy atom. The number of benzene rings is 2. The quantitative estimate of drug-likeness (QED) is 0.577. The molecule has 25 heavy (non-hydrogen) atoms. The normalized spacial score (nSPS) is 13.3. The highest BCUT2D eigenvalue weighted by molar-refractivity contribution is 5.86. The molecule has 0 aliphatic heterocycles. The van der Waals surface area contributed by atoms with Crippen LogP contribution in [0, 0.1) is 0 Å². The highest BCUT2D eigenvalue weighted by atomic mass is 16.2. The number of fused-ring (bicyclic) bond motifs is 1. The van der Waals surface area contributed by atoms with Crippen molar-refractivity contribution >= 4 is 23.1 Å². The van der Waals surface area contributed by atoms with Crippen molar-refractivity contribution in [3.63, 3.8) is 0 Å². The molecule has 2 aromatic carbocycles. The predicted octanol–water partition coefficient (Wildman–Crippen LogP) is 1.96. The van der Waals surface area contributed by atoms with E-state index in [0.717, 1.165) is 28.3 Å². The summed E-state index contributed by atoms with van der Waals surface area (Å²) in [6, 6.07) is 16.2. The van der Waals surface area contributed by atoms with Gasteiger partial charge in [0, 0.05) is 23.5 Å². The van der Waals surface area contributed by atoms with E-state index in [-0.39, 0.29) is 5.91 Å². The standard InChI is InChI=1S/C20H21N3O2/c21-18(10-14-6-2-1-3-7-14)20(25)23-16(13-24)11-15-12-22-19-9-5-4-8-17(15)19/h1-9,12-13,16,18,22H,10-11,21H2,(H,23,25)/t16-,18-/m0/s1. The number of hydrogen-bond donors (Lipinski definition) is 3. The first-order chi connectivity index (χ1) is 12.2. The zero-order valence-electron chi connectivity index (χ0n) is 13.8. The van der Waals surface area contributed by atoms with Crippen LogP contribution in [0.25, 0.3) is 10.9 Å². The fraction of sp³-hybridized carbons (Fsp3) is 0.200. The summed E-state index contributed by atoms with van der Waals surface area (Å²) in [6.07, 6.45) is 3.49. The number of aromatic amines is 1. The van der Waals surface area contributed by atoms with Gasteiger partial charge in [0.25, 0.3) is 0 Å². The lowest BCUT2D eigenvalue weighted by atomic mass is 10.0. The van der Waals surface area contributed by atoms with E-state index in [9.17, 15) is 9.59 Å². The Morgan fingerprint density at radius 3 is 2.56 bits per heavy atom. The van der Waals surface area contributed by atoms with Crippen molar-refractivity contribution < 1.29 is 9.59 Å². The molecule has 0 radical (unpaired) electrons. The molecule has 0 saturated heterocycles. The van der Waals surface area contributed by atoms with Gasteiger partial charge in [-0.05, 0) is 23.6 Å². The molecule has 1 aromatic heterocycles. The summed E-state index contributed by atoms with van der Waals surface area (Å²) in [5.41, 5.74) is 8.97. The van der Waals surface area contributed by atoms with Gasteiger partial charge >= 0.3 is 0 Å². The maximum atomic E-state index is 12.3. The first-order valence-electron chi connectivity index (χ1n) is 8.27. The molecule has 128 valence electrons. The van der Waals surface area contributed by atoms with Gasteiger partial charge in [-0.3, -0.25) is 4.79 Å². The third-order valence-corrected chi connectivity index (χ3v) is 4.24. The SMILES string of the molecule is N[C@@H](Cc1ccccc1)C(=O)N[C@H](C=O)Cc1c[nH]c2ccccc12. The van der Waals surface area contributed by atoms with Gasteiger partial charge in [0.2, 0.25) is 5.91 Å². The molecule has 1 heterocycles. The van der Waals surface area contributed by atoms with Crippen LogP contribution in [0.4, 0.5) is 0 Å². The van der Waals surface area contributed by atoms with Gasteiger partial charge in [-0.15, -0.1) is 0 Å². The van der Waals surface area contributed by atoms with Crippen molar-refractivity contribution in [1.29, 1.82) is 0 Å². The Balaban J connectivity index is 1.63. The largest absolute Gasteiger partial charge is 0.361 e. The Kier molecular flexibility index (Phi) is 5.26. The highest BCUT2D eigenvalue weighted by Gasteiger charge is 2.19. The molecule has 2 atom stereocenters. The number of aromatic nitrogens is 1. The van der Waals surface area contributed by atoms with Crippen LogP contribution >= 0.6 is 0 Å². The number of carbonyl (C=O) groups is 2. The summed E-state index contributed by atoms with van der Waals surface area (Å²) >= 11 is 0. The topological polar surface area (TPSA) is 88.0 Å². The minimum atomic E-state index is -0.687. The number of amides is 1. The van der Waals surface area contributed by atoms with E-state index >= 15 is 0 Å². The molecule has 0 fully saturated rings. The number of H-pyrrole nitrogens is 1. The number of para-hydroxylation sites is 1. The highest BCUT2D eigenvalue weighted by Crippen LogP contribution is 2.18. The van der Waals surface area contributed by atoms with Crippen molar-refractivity contribution in [1.82, 2.24) is 10.3 Å². The average Bonchev–Trinajstić information content (AvgIpc) is 3.05. The van der Waals surface area contributed by atoms with Gasteiger partial charge in [-0.25, -0.2) is 0 Å². The van der Waals surface area contributed by atoms with Gasteiger partial charge in [-0.1, -0.05) is 48.5 Å². The predicted molar refractivity (Wildman–Crippen MR) is 98.1 cm³/mol. The Labute approximate surface area is 146 Å². The van der Waals surface area contributed by atoms with Crippen LogP contribution in [0.3, 0.4) is 0 Å². The molecule has 0 saturated carbocycles. The number of rotatable bonds is 7. The minimum Gasteiger partial charge on any atom is -0.361 e. The number of hydrogen-bond acceptors (Lipinski definition) is 3. The van der Waals surface area contributed by atoms with Crippen LogP contribution in [0.5, 0.6) is 0 Å². The Morgan fingerprint density at radius 1 is 1.08 bits per heavy atom. The van der Waals surface area contributed by atoms with Gasteiger partial charge in [0.1, 0.15) is 6.29 Å². The van der Waals surface area contributed by atoms with Crippen LogP contribution in [0.15, 0.2) is 60.8 Å². The number of carbonyl (C=O) groups excluding carboxylic acids is 2. The Bertz CT molecular complexity index is 858. The first-order valence-corrected chi connectivity index (χ1v) is 8.27. The summed E-state index contributed by atoms with van der Waals surface area (Å²) < 4.78 is 0. The van der Waals surface area contributed by atoms with E-state index in [1.54, 1.807) is 0 Å². The third kappa shape index (κ3) is 4.14. The molecular formula is C20H21N3O2. The van der Waals surface area contributed by atoms with E-state index in [0.29, 0.717) is 12.8 Å². The molecule has 5 nitrogen and oxygen atoms in total. The molecule has 0 aliphatic rings. The van der Waals surface area contributed by atoms with E-state index in [4.69, 9.17) is 5.73 Å². The van der Waals surface area contributed by atoms with Crippen LogP contribution < -0.4 is 11.1 Å². The average molecular weight is 335 g/mol. The fourth-order valence-electron chi connectivity index (χ4n) is 2.92. The zero-order chi connectivity index (χ0) is 17.6. The van der Waals surface area contributed by atoms with Gasteiger partial charge in [0.15, 0.2) is 0 Å². The van der Waals surface area contributed by atoms with Gasteiger partial charge in [-0.2, -0.15) is 0 Å². The maximum absolute atomic E-state index is 12.3. The van der Waals surface area contributed by atoms with Gasteiger partial charge < -0.3 is 20.8 Å². The summed E-state index contributed by atoms with van der Waals surface area (Å²) in [4.78, 5) is 26.9. The van der Waals surface area contributed by atoms with Crippen molar-refractivity contribution in [2.45, 2.75) is 24.9 Å². The molecule has 0 aliphatic carbocycles. The maximum Gasteiger partial charge on any atom is 0.237 e. The molecular weight excluding hydrogens is 314 g/mol. The van der Waals surface area contributed by atoms with Crippen molar-refractivity contribution in [2.75, 3.05) is 0 Å². The first kappa shape index (κ1) is 16.9. The molecule has 3 aromatic rings. The van der Waals surface area contributed by atoms with Crippen LogP contribution in [0.2, 0.25) is 0 Å². The molecule has 0 unspecified atom stereocenters. The minimum absolute atomic E-state index is 0.319. The van der Waals surface area contributed by atoms with Crippen LogP contribution in [0.1, 0.15) is 11.1 Å². The summed E-state index contributed by atoms with van der Waals surface area (Å²) in [5.74, 6) is -0.319. The van der Waals surface area contributed by atoms with Gasteiger partial charge in [0.05, 0.1) is 12.1 Å². The molecule has 4 N–H and O–H groups in total. The number of nitrogens with one attached hydrogen (secondary N) is 2. The molecule has 1 amide bonds.